The Labute approximate surface area is 174 Å². The van der Waals surface area contributed by atoms with Gasteiger partial charge in [0.1, 0.15) is 11.8 Å². The standard InChI is InChI=1S/C22H25N3O3S/c1-28-18-8-6-16(7-9-18)21(26)25-20-5-3-2-4-19(20)22(27)24-17(13-23)12-15-10-11-29-14-15/h6-11,14,17,19-20H,2-5,12H2,1H3,(H,24,27)(H,25,26)/t17-,19?,20?/m0/s1. The lowest BCUT2D eigenvalue weighted by atomic mass is 9.83. The summed E-state index contributed by atoms with van der Waals surface area (Å²) in [6.07, 6.45) is 3.85. The van der Waals surface area contributed by atoms with Crippen LogP contribution in [0, 0.1) is 17.2 Å². The molecular weight excluding hydrogens is 386 g/mol. The largest absolute Gasteiger partial charge is 0.497 e. The highest BCUT2D eigenvalue weighted by Gasteiger charge is 2.33. The lowest BCUT2D eigenvalue weighted by Crippen LogP contribution is -2.50. The minimum Gasteiger partial charge on any atom is -0.497 e. The molecule has 1 heterocycles. The molecule has 3 rings (SSSR count). The Morgan fingerprint density at radius 3 is 2.66 bits per heavy atom. The van der Waals surface area contributed by atoms with Gasteiger partial charge in [-0.25, -0.2) is 0 Å². The van der Waals surface area contributed by atoms with E-state index in [9.17, 15) is 14.9 Å². The van der Waals surface area contributed by atoms with E-state index in [2.05, 4.69) is 16.7 Å². The van der Waals surface area contributed by atoms with Gasteiger partial charge < -0.3 is 15.4 Å². The van der Waals surface area contributed by atoms with E-state index in [0.29, 0.717) is 24.2 Å². The number of methoxy groups -OCH3 is 1. The van der Waals surface area contributed by atoms with Gasteiger partial charge in [-0.15, -0.1) is 0 Å². The first kappa shape index (κ1) is 20.9. The number of thiophene rings is 1. The van der Waals surface area contributed by atoms with Crippen LogP contribution in [-0.4, -0.2) is 31.0 Å². The van der Waals surface area contributed by atoms with Gasteiger partial charge in [0.25, 0.3) is 5.91 Å². The minimum absolute atomic E-state index is 0.161. The molecule has 1 aliphatic carbocycles. The third-order valence-corrected chi connectivity index (χ3v) is 6.00. The summed E-state index contributed by atoms with van der Waals surface area (Å²) < 4.78 is 5.12. The fraction of sp³-hybridized carbons (Fsp3) is 0.409. The Morgan fingerprint density at radius 2 is 2.00 bits per heavy atom. The van der Waals surface area contributed by atoms with E-state index >= 15 is 0 Å². The second kappa shape index (κ2) is 10.1. The topological polar surface area (TPSA) is 91.2 Å². The molecule has 0 spiro atoms. The molecule has 0 bridgehead atoms. The molecule has 1 aliphatic rings. The highest BCUT2D eigenvalue weighted by molar-refractivity contribution is 7.07. The molecular formula is C22H25N3O3S. The molecule has 0 radical (unpaired) electrons. The fourth-order valence-corrected chi connectivity index (χ4v) is 4.35. The molecule has 3 atom stereocenters. The first-order chi connectivity index (χ1) is 14.1. The van der Waals surface area contributed by atoms with E-state index in [4.69, 9.17) is 4.74 Å². The smallest absolute Gasteiger partial charge is 0.251 e. The highest BCUT2D eigenvalue weighted by atomic mass is 32.1. The maximum Gasteiger partial charge on any atom is 0.251 e. The summed E-state index contributed by atoms with van der Waals surface area (Å²) in [5, 5.41) is 19.3. The number of benzene rings is 1. The van der Waals surface area contributed by atoms with Crippen LogP contribution in [0.4, 0.5) is 0 Å². The number of rotatable bonds is 7. The number of hydrogen-bond donors (Lipinski definition) is 2. The number of nitrogens with zero attached hydrogens (tertiary/aromatic N) is 1. The van der Waals surface area contributed by atoms with E-state index in [0.717, 1.165) is 24.8 Å². The lowest BCUT2D eigenvalue weighted by molar-refractivity contribution is -0.127. The molecule has 1 fully saturated rings. The summed E-state index contributed by atoms with van der Waals surface area (Å²) in [6, 6.07) is 10.2. The summed E-state index contributed by atoms with van der Waals surface area (Å²) >= 11 is 1.57. The third-order valence-electron chi connectivity index (χ3n) is 5.26. The summed E-state index contributed by atoms with van der Waals surface area (Å²) in [6.45, 7) is 0. The van der Waals surface area contributed by atoms with Gasteiger partial charge in [-0.3, -0.25) is 9.59 Å². The van der Waals surface area contributed by atoms with Gasteiger partial charge in [-0.1, -0.05) is 12.8 Å². The number of nitriles is 1. The van der Waals surface area contributed by atoms with Gasteiger partial charge in [0.15, 0.2) is 0 Å². The van der Waals surface area contributed by atoms with Crippen molar-refractivity contribution in [3.8, 4) is 11.8 Å². The summed E-state index contributed by atoms with van der Waals surface area (Å²) in [4.78, 5) is 25.5. The average molecular weight is 412 g/mol. The Hall–Kier alpha value is -2.85. The molecule has 1 aromatic heterocycles. The Morgan fingerprint density at radius 1 is 1.24 bits per heavy atom. The number of carbonyl (C=O) groups excluding carboxylic acids is 2. The number of nitrogens with one attached hydrogen (secondary N) is 2. The number of ether oxygens (including phenoxy) is 1. The second-order valence-electron chi connectivity index (χ2n) is 7.23. The van der Waals surface area contributed by atoms with Crippen LogP contribution >= 0.6 is 11.3 Å². The van der Waals surface area contributed by atoms with Crippen LogP contribution in [0.2, 0.25) is 0 Å². The van der Waals surface area contributed by atoms with Crippen molar-refractivity contribution in [1.29, 1.82) is 5.26 Å². The maximum atomic E-state index is 12.9. The van der Waals surface area contributed by atoms with Crippen molar-refractivity contribution >= 4 is 23.2 Å². The quantitative estimate of drug-likeness (QED) is 0.731. The zero-order chi connectivity index (χ0) is 20.6. The molecule has 7 heteroatoms. The van der Waals surface area contributed by atoms with Crippen molar-refractivity contribution in [3.05, 3.63) is 52.2 Å². The molecule has 2 N–H and O–H groups in total. The lowest BCUT2D eigenvalue weighted by Gasteiger charge is -2.31. The highest BCUT2D eigenvalue weighted by Crippen LogP contribution is 2.25. The van der Waals surface area contributed by atoms with Crippen LogP contribution in [0.1, 0.15) is 41.6 Å². The SMILES string of the molecule is COc1ccc(C(=O)NC2CCCCC2C(=O)N[C@H](C#N)Cc2ccsc2)cc1. The van der Waals surface area contributed by atoms with Crippen LogP contribution in [0.5, 0.6) is 5.75 Å². The third kappa shape index (κ3) is 5.58. The van der Waals surface area contributed by atoms with Gasteiger partial charge in [0.05, 0.1) is 19.1 Å². The summed E-state index contributed by atoms with van der Waals surface area (Å²) in [5.41, 5.74) is 1.57. The molecule has 6 nitrogen and oxygen atoms in total. The Balaban J connectivity index is 1.62. The zero-order valence-electron chi connectivity index (χ0n) is 16.4. The first-order valence-electron chi connectivity index (χ1n) is 9.76. The van der Waals surface area contributed by atoms with E-state index in [1.807, 2.05) is 16.8 Å². The van der Waals surface area contributed by atoms with Crippen molar-refractivity contribution in [1.82, 2.24) is 10.6 Å². The molecule has 29 heavy (non-hydrogen) atoms. The molecule has 0 aliphatic heterocycles. The normalized spacial score (nSPS) is 19.6. The van der Waals surface area contributed by atoms with E-state index in [1.54, 1.807) is 42.7 Å². The summed E-state index contributed by atoms with van der Waals surface area (Å²) in [5.74, 6) is -0.00659. The van der Waals surface area contributed by atoms with E-state index in [-0.39, 0.29) is 23.8 Å². The van der Waals surface area contributed by atoms with Gasteiger partial charge in [0, 0.05) is 18.0 Å². The predicted octanol–water partition coefficient (Wildman–Crippen LogP) is 3.30. The molecule has 0 saturated heterocycles. The van der Waals surface area contributed by atoms with E-state index < -0.39 is 6.04 Å². The average Bonchev–Trinajstić information content (AvgIpc) is 3.26. The van der Waals surface area contributed by atoms with Crippen molar-refractivity contribution in [2.75, 3.05) is 7.11 Å². The molecule has 1 aromatic carbocycles. The first-order valence-corrected chi connectivity index (χ1v) is 10.7. The van der Waals surface area contributed by atoms with Gasteiger partial charge in [-0.2, -0.15) is 16.6 Å². The van der Waals surface area contributed by atoms with Crippen molar-refractivity contribution in [2.24, 2.45) is 5.92 Å². The van der Waals surface area contributed by atoms with E-state index in [1.165, 1.54) is 0 Å². The van der Waals surface area contributed by atoms with Crippen LogP contribution in [0.3, 0.4) is 0 Å². The molecule has 2 amide bonds. The van der Waals surface area contributed by atoms with Crippen molar-refractivity contribution in [3.63, 3.8) is 0 Å². The van der Waals surface area contributed by atoms with Crippen molar-refractivity contribution < 1.29 is 14.3 Å². The Kier molecular flexibility index (Phi) is 7.25. The number of carbonyl (C=O) groups is 2. The summed E-state index contributed by atoms with van der Waals surface area (Å²) in [7, 11) is 1.58. The number of amides is 2. The molecule has 2 aromatic rings. The number of hydrogen-bond acceptors (Lipinski definition) is 5. The van der Waals surface area contributed by atoms with Crippen LogP contribution in [0.15, 0.2) is 41.1 Å². The predicted molar refractivity (Wildman–Crippen MR) is 112 cm³/mol. The van der Waals surface area contributed by atoms with Crippen molar-refractivity contribution in [2.45, 2.75) is 44.2 Å². The Bertz CT molecular complexity index is 858. The minimum atomic E-state index is -0.572. The molecule has 1 saturated carbocycles. The fourth-order valence-electron chi connectivity index (χ4n) is 3.66. The van der Waals surface area contributed by atoms with Crippen LogP contribution in [-0.2, 0) is 11.2 Å². The van der Waals surface area contributed by atoms with Gasteiger partial charge >= 0.3 is 0 Å². The second-order valence-corrected chi connectivity index (χ2v) is 8.01. The monoisotopic (exact) mass is 411 g/mol. The van der Waals surface area contributed by atoms with Crippen LogP contribution < -0.4 is 15.4 Å². The maximum absolute atomic E-state index is 12.9. The molecule has 152 valence electrons. The molecule has 2 unspecified atom stereocenters. The van der Waals surface area contributed by atoms with Gasteiger partial charge in [-0.05, 0) is 59.5 Å². The van der Waals surface area contributed by atoms with Gasteiger partial charge in [0.2, 0.25) is 5.91 Å². The van der Waals surface area contributed by atoms with Crippen LogP contribution in [0.25, 0.3) is 0 Å². The zero-order valence-corrected chi connectivity index (χ0v) is 17.2.